The van der Waals surface area contributed by atoms with Gasteiger partial charge < -0.3 is 25.6 Å². The SMILES string of the molecule is N/C(=C\N(N)Cc1cn2cc(C3CC3)ccc2n1)C(=O)NCc1c(-c2ccncc2)ccc(O)c1F. The third-order valence-electron chi connectivity index (χ3n) is 6.12. The minimum absolute atomic E-state index is 0.127. The van der Waals surface area contributed by atoms with Crippen LogP contribution >= 0.6 is 0 Å². The number of pyridine rings is 2. The van der Waals surface area contributed by atoms with E-state index in [4.69, 9.17) is 11.6 Å². The number of amides is 1. The Bertz CT molecular complexity index is 1450. The molecule has 36 heavy (non-hydrogen) atoms. The van der Waals surface area contributed by atoms with E-state index in [1.54, 1.807) is 30.6 Å². The third-order valence-corrected chi connectivity index (χ3v) is 6.12. The van der Waals surface area contributed by atoms with E-state index >= 15 is 0 Å². The maximum atomic E-state index is 14.7. The third kappa shape index (κ3) is 4.98. The lowest BCUT2D eigenvalue weighted by Crippen LogP contribution is -2.32. The first-order valence-corrected chi connectivity index (χ1v) is 11.5. The maximum absolute atomic E-state index is 14.7. The summed E-state index contributed by atoms with van der Waals surface area (Å²) < 4.78 is 16.7. The van der Waals surface area contributed by atoms with Crippen molar-refractivity contribution in [3.8, 4) is 16.9 Å². The van der Waals surface area contributed by atoms with Crippen LogP contribution in [0.4, 0.5) is 4.39 Å². The lowest BCUT2D eigenvalue weighted by Gasteiger charge is -2.15. The summed E-state index contributed by atoms with van der Waals surface area (Å²) in [5.41, 5.74) is 9.97. The number of rotatable bonds is 8. The number of hydrazine groups is 1. The van der Waals surface area contributed by atoms with Crippen molar-refractivity contribution in [3.63, 3.8) is 0 Å². The van der Waals surface area contributed by atoms with Crippen LogP contribution in [0.15, 0.2) is 73.1 Å². The highest BCUT2D eigenvalue weighted by Crippen LogP contribution is 2.39. The van der Waals surface area contributed by atoms with Gasteiger partial charge in [-0.2, -0.15) is 0 Å². The Balaban J connectivity index is 1.25. The summed E-state index contributed by atoms with van der Waals surface area (Å²) in [6.45, 7) is 0.0490. The van der Waals surface area contributed by atoms with Gasteiger partial charge in [-0.1, -0.05) is 12.1 Å². The molecule has 184 valence electrons. The Labute approximate surface area is 206 Å². The second-order valence-corrected chi connectivity index (χ2v) is 8.83. The Morgan fingerprint density at radius 2 is 1.97 bits per heavy atom. The smallest absolute Gasteiger partial charge is 0.268 e. The second-order valence-electron chi connectivity index (χ2n) is 8.83. The largest absolute Gasteiger partial charge is 0.505 e. The van der Waals surface area contributed by atoms with Crippen LogP contribution < -0.4 is 16.9 Å². The van der Waals surface area contributed by atoms with Crippen LogP contribution in [0, 0.1) is 5.82 Å². The van der Waals surface area contributed by atoms with Crippen molar-refractivity contribution in [1.82, 2.24) is 24.7 Å². The van der Waals surface area contributed by atoms with Gasteiger partial charge >= 0.3 is 0 Å². The molecule has 1 aromatic carbocycles. The van der Waals surface area contributed by atoms with Gasteiger partial charge in [0.15, 0.2) is 11.6 Å². The maximum Gasteiger partial charge on any atom is 0.268 e. The first-order chi connectivity index (χ1) is 17.4. The predicted molar refractivity (Wildman–Crippen MR) is 132 cm³/mol. The topological polar surface area (TPSA) is 135 Å². The molecular formula is C26H26FN7O2. The zero-order valence-electron chi connectivity index (χ0n) is 19.4. The van der Waals surface area contributed by atoms with Gasteiger partial charge in [0.2, 0.25) is 0 Å². The van der Waals surface area contributed by atoms with Crippen molar-refractivity contribution in [2.24, 2.45) is 11.6 Å². The highest BCUT2D eigenvalue weighted by molar-refractivity contribution is 5.92. The molecule has 1 saturated carbocycles. The number of nitrogens with one attached hydrogen (secondary N) is 1. The molecule has 3 heterocycles. The second kappa shape index (κ2) is 9.67. The molecule has 0 spiro atoms. The fourth-order valence-corrected chi connectivity index (χ4v) is 4.12. The van der Waals surface area contributed by atoms with Crippen LogP contribution in [-0.4, -0.2) is 30.4 Å². The molecule has 0 aliphatic heterocycles. The number of phenols is 1. The number of carbonyl (C=O) groups is 1. The van der Waals surface area contributed by atoms with E-state index in [0.717, 1.165) is 11.3 Å². The van der Waals surface area contributed by atoms with Crippen molar-refractivity contribution in [1.29, 1.82) is 0 Å². The Morgan fingerprint density at radius 3 is 2.72 bits per heavy atom. The molecule has 5 rings (SSSR count). The van der Waals surface area contributed by atoms with Crippen LogP contribution in [-0.2, 0) is 17.9 Å². The number of aromatic nitrogens is 3. The number of hydrogen-bond donors (Lipinski definition) is 4. The summed E-state index contributed by atoms with van der Waals surface area (Å²) in [7, 11) is 0. The van der Waals surface area contributed by atoms with Crippen LogP contribution in [0.25, 0.3) is 16.8 Å². The molecule has 0 unspecified atom stereocenters. The summed E-state index contributed by atoms with van der Waals surface area (Å²) >= 11 is 0. The Kier molecular flexibility index (Phi) is 6.26. The summed E-state index contributed by atoms with van der Waals surface area (Å²) in [5, 5.41) is 13.7. The first-order valence-electron chi connectivity index (χ1n) is 11.5. The molecule has 1 aliphatic rings. The van der Waals surface area contributed by atoms with Crippen molar-refractivity contribution in [2.45, 2.75) is 31.8 Å². The number of carbonyl (C=O) groups excluding carboxylic acids is 1. The van der Waals surface area contributed by atoms with Crippen molar-refractivity contribution < 1.29 is 14.3 Å². The quantitative estimate of drug-likeness (QED) is 0.171. The van der Waals surface area contributed by atoms with E-state index in [-0.39, 0.29) is 24.4 Å². The lowest BCUT2D eigenvalue weighted by molar-refractivity contribution is -0.117. The number of benzene rings is 1. The molecule has 1 fully saturated rings. The van der Waals surface area contributed by atoms with E-state index in [1.807, 2.05) is 16.7 Å². The van der Waals surface area contributed by atoms with Crippen molar-refractivity contribution >= 4 is 11.6 Å². The number of phenolic OH excluding ortho intramolecular Hbond substituents is 1. The monoisotopic (exact) mass is 487 g/mol. The fraction of sp³-hybridized carbons (Fsp3) is 0.192. The normalized spacial score (nSPS) is 13.7. The molecule has 1 amide bonds. The van der Waals surface area contributed by atoms with Crippen molar-refractivity contribution in [2.75, 3.05) is 0 Å². The van der Waals surface area contributed by atoms with Gasteiger partial charge in [-0.15, -0.1) is 0 Å². The van der Waals surface area contributed by atoms with E-state index < -0.39 is 17.5 Å². The molecule has 0 atom stereocenters. The molecule has 1 aliphatic carbocycles. The zero-order valence-corrected chi connectivity index (χ0v) is 19.4. The van der Waals surface area contributed by atoms with Gasteiger partial charge in [-0.05, 0) is 59.7 Å². The van der Waals surface area contributed by atoms with Crippen LogP contribution in [0.5, 0.6) is 5.75 Å². The number of imidazole rings is 1. The molecule has 0 saturated heterocycles. The molecule has 10 heteroatoms. The van der Waals surface area contributed by atoms with Crippen LogP contribution in [0.2, 0.25) is 0 Å². The number of nitrogens with zero attached hydrogens (tertiary/aromatic N) is 4. The van der Waals surface area contributed by atoms with Gasteiger partial charge in [0.25, 0.3) is 5.91 Å². The molecule has 3 aromatic heterocycles. The highest BCUT2D eigenvalue weighted by atomic mass is 19.1. The Hall–Kier alpha value is -4.44. The minimum atomic E-state index is -0.815. The average molecular weight is 488 g/mol. The van der Waals surface area contributed by atoms with Gasteiger partial charge in [0, 0.05) is 43.1 Å². The van der Waals surface area contributed by atoms with Gasteiger partial charge in [-0.25, -0.2) is 15.2 Å². The van der Waals surface area contributed by atoms with E-state index in [2.05, 4.69) is 27.5 Å². The van der Waals surface area contributed by atoms with E-state index in [1.165, 1.54) is 35.7 Å². The number of hydrogen-bond acceptors (Lipinski definition) is 7. The summed E-state index contributed by atoms with van der Waals surface area (Å²) in [6, 6.07) is 10.4. The molecule has 6 N–H and O–H groups in total. The number of halogens is 1. The summed E-state index contributed by atoms with van der Waals surface area (Å²) in [5.74, 6) is 4.74. The molecular weight excluding hydrogens is 461 g/mol. The zero-order chi connectivity index (χ0) is 25.2. The lowest BCUT2D eigenvalue weighted by atomic mass is 9.99. The number of nitrogens with two attached hydrogens (primary N) is 2. The standard InChI is InChI=1S/C26H26FN7O2/c27-25-21(20(4-5-23(25)35)17-7-9-30-10-8-17)11-31-26(36)22(28)15-34(29)14-19-13-33-12-18(16-1-2-16)3-6-24(33)32-19/h3-10,12-13,15-16,35H,1-2,11,14,28-29H2,(H,31,36)/b22-15-. The van der Waals surface area contributed by atoms with E-state index in [9.17, 15) is 14.3 Å². The fourth-order valence-electron chi connectivity index (χ4n) is 4.12. The minimum Gasteiger partial charge on any atom is -0.505 e. The van der Waals surface area contributed by atoms with Gasteiger partial charge in [0.05, 0.1) is 12.2 Å². The highest BCUT2D eigenvalue weighted by Gasteiger charge is 2.24. The summed E-state index contributed by atoms with van der Waals surface area (Å²) in [6.07, 6.45) is 10.9. The molecule has 9 nitrogen and oxygen atoms in total. The van der Waals surface area contributed by atoms with Crippen molar-refractivity contribution in [3.05, 3.63) is 95.7 Å². The molecule has 4 aromatic rings. The van der Waals surface area contributed by atoms with Gasteiger partial charge in [0.1, 0.15) is 11.3 Å². The van der Waals surface area contributed by atoms with Gasteiger partial charge in [-0.3, -0.25) is 9.78 Å². The van der Waals surface area contributed by atoms with Crippen LogP contribution in [0.1, 0.15) is 35.6 Å². The first kappa shape index (κ1) is 23.3. The molecule has 0 bridgehead atoms. The summed E-state index contributed by atoms with van der Waals surface area (Å²) in [4.78, 5) is 21.1. The Morgan fingerprint density at radius 1 is 1.19 bits per heavy atom. The predicted octanol–water partition coefficient (Wildman–Crippen LogP) is 2.91. The average Bonchev–Trinajstić information content (AvgIpc) is 3.65. The van der Waals surface area contributed by atoms with Crippen LogP contribution in [0.3, 0.4) is 0 Å². The van der Waals surface area contributed by atoms with E-state index in [0.29, 0.717) is 17.0 Å². The molecule has 0 radical (unpaired) electrons. The number of fused-ring (bicyclic) bond motifs is 1. The number of aromatic hydroxyl groups is 1.